The van der Waals surface area contributed by atoms with Crippen LogP contribution in [0.3, 0.4) is 0 Å². The van der Waals surface area contributed by atoms with Crippen LogP contribution in [-0.2, 0) is 6.54 Å². The van der Waals surface area contributed by atoms with Gasteiger partial charge in [-0.3, -0.25) is 0 Å². The molecule has 0 aliphatic heterocycles. The van der Waals surface area contributed by atoms with E-state index in [1.54, 1.807) is 24.3 Å². The predicted octanol–water partition coefficient (Wildman–Crippen LogP) is 3.30. The maximum Gasteiger partial charge on any atom is 0.152 e. The van der Waals surface area contributed by atoms with Crippen molar-refractivity contribution < 1.29 is 13.2 Å². The summed E-state index contributed by atoms with van der Waals surface area (Å²) < 4.78 is 39.4. The van der Waals surface area contributed by atoms with Gasteiger partial charge in [-0.25, -0.2) is 13.2 Å². The number of anilines is 2. The van der Waals surface area contributed by atoms with Crippen LogP contribution in [0.25, 0.3) is 0 Å². The molecule has 18 heavy (non-hydrogen) atoms. The van der Waals surface area contributed by atoms with E-state index in [1.165, 1.54) is 0 Å². The molecular formula is C13H11F3N2. The average Bonchev–Trinajstić information content (AvgIpc) is 2.30. The van der Waals surface area contributed by atoms with E-state index in [2.05, 4.69) is 5.32 Å². The largest absolute Gasteiger partial charge is 0.398 e. The minimum atomic E-state index is -0.970. The third-order valence-electron chi connectivity index (χ3n) is 2.52. The molecule has 0 aromatic heterocycles. The molecule has 2 aromatic rings. The number of halogens is 3. The van der Waals surface area contributed by atoms with Crippen molar-refractivity contribution in [1.29, 1.82) is 0 Å². The molecule has 2 nitrogen and oxygen atoms in total. The van der Waals surface area contributed by atoms with Crippen molar-refractivity contribution in [2.75, 3.05) is 11.1 Å². The summed E-state index contributed by atoms with van der Waals surface area (Å²) in [6, 6.07) is 8.21. The monoisotopic (exact) mass is 252 g/mol. The zero-order chi connectivity index (χ0) is 13.1. The fraction of sp³-hybridized carbons (Fsp3) is 0.0769. The number of nitrogens with one attached hydrogen (secondary N) is 1. The van der Waals surface area contributed by atoms with Gasteiger partial charge >= 0.3 is 0 Å². The Morgan fingerprint density at radius 2 is 1.61 bits per heavy atom. The van der Waals surface area contributed by atoms with Crippen LogP contribution in [0.2, 0.25) is 0 Å². The molecule has 0 saturated heterocycles. The lowest BCUT2D eigenvalue weighted by molar-refractivity contribution is 0.547. The van der Waals surface area contributed by atoms with E-state index in [9.17, 15) is 13.2 Å². The molecule has 0 saturated carbocycles. The molecule has 5 heteroatoms. The molecule has 0 fully saturated rings. The van der Waals surface area contributed by atoms with E-state index < -0.39 is 17.5 Å². The first-order valence-electron chi connectivity index (χ1n) is 5.29. The summed E-state index contributed by atoms with van der Waals surface area (Å²) in [6.45, 7) is 0.159. The molecule has 3 N–H and O–H groups in total. The molecule has 0 atom stereocenters. The lowest BCUT2D eigenvalue weighted by Gasteiger charge is -2.10. The molecule has 0 heterocycles. The van der Waals surface area contributed by atoms with Gasteiger partial charge in [0.1, 0.15) is 11.5 Å². The molecule has 0 aliphatic carbocycles. The molecular weight excluding hydrogens is 241 g/mol. The quantitative estimate of drug-likeness (QED) is 0.822. The van der Waals surface area contributed by atoms with Gasteiger partial charge in [0.05, 0.1) is 0 Å². The second-order valence-corrected chi connectivity index (χ2v) is 3.80. The Labute approximate surface area is 102 Å². The number of nitrogen functional groups attached to an aromatic ring is 1. The average molecular weight is 252 g/mol. The van der Waals surface area contributed by atoms with Crippen molar-refractivity contribution in [3.8, 4) is 0 Å². The highest BCUT2D eigenvalue weighted by molar-refractivity contribution is 5.51. The number of rotatable bonds is 3. The summed E-state index contributed by atoms with van der Waals surface area (Å²) in [6.07, 6.45) is 0. The third-order valence-corrected chi connectivity index (χ3v) is 2.52. The van der Waals surface area contributed by atoms with Crippen LogP contribution in [0.4, 0.5) is 24.5 Å². The fourth-order valence-electron chi connectivity index (χ4n) is 1.59. The zero-order valence-electron chi connectivity index (χ0n) is 9.38. The van der Waals surface area contributed by atoms with Crippen molar-refractivity contribution in [2.45, 2.75) is 6.54 Å². The Hall–Kier alpha value is -2.17. The van der Waals surface area contributed by atoms with Gasteiger partial charge in [0.2, 0.25) is 0 Å². The van der Waals surface area contributed by atoms with Crippen LogP contribution in [0, 0.1) is 17.5 Å². The summed E-state index contributed by atoms with van der Waals surface area (Å²) in [5.74, 6) is -2.89. The third kappa shape index (κ3) is 2.56. The molecule has 0 bridgehead atoms. The summed E-state index contributed by atoms with van der Waals surface area (Å²) in [5.41, 5.74) is 6.57. The van der Waals surface area contributed by atoms with E-state index in [4.69, 9.17) is 5.73 Å². The zero-order valence-corrected chi connectivity index (χ0v) is 9.38. The molecule has 94 valence electrons. The van der Waals surface area contributed by atoms with Crippen molar-refractivity contribution in [3.63, 3.8) is 0 Å². The Morgan fingerprint density at radius 3 is 2.22 bits per heavy atom. The molecule has 0 radical (unpaired) electrons. The van der Waals surface area contributed by atoms with Gasteiger partial charge in [0.15, 0.2) is 11.6 Å². The van der Waals surface area contributed by atoms with Crippen molar-refractivity contribution in [2.24, 2.45) is 0 Å². The van der Waals surface area contributed by atoms with Gasteiger partial charge in [0.25, 0.3) is 0 Å². The number of para-hydroxylation sites is 1. The second kappa shape index (κ2) is 5.00. The first-order valence-corrected chi connectivity index (χ1v) is 5.29. The number of benzene rings is 2. The van der Waals surface area contributed by atoms with Gasteiger partial charge in [-0.05, 0) is 11.6 Å². The smallest absolute Gasteiger partial charge is 0.152 e. The normalized spacial score (nSPS) is 10.4. The van der Waals surface area contributed by atoms with E-state index in [0.717, 1.165) is 0 Å². The molecule has 2 aromatic carbocycles. The number of nitrogens with two attached hydrogens (primary N) is 1. The van der Waals surface area contributed by atoms with Crippen LogP contribution in [0.1, 0.15) is 5.56 Å². The lowest BCUT2D eigenvalue weighted by atomic mass is 10.2. The first-order chi connectivity index (χ1) is 8.58. The van der Waals surface area contributed by atoms with Crippen LogP contribution in [-0.4, -0.2) is 0 Å². The van der Waals surface area contributed by atoms with E-state index in [-0.39, 0.29) is 12.2 Å². The topological polar surface area (TPSA) is 38.0 Å². The summed E-state index contributed by atoms with van der Waals surface area (Å²) >= 11 is 0. The molecule has 2 rings (SSSR count). The van der Waals surface area contributed by atoms with Gasteiger partial charge < -0.3 is 11.1 Å². The predicted molar refractivity (Wildman–Crippen MR) is 64.5 cm³/mol. The van der Waals surface area contributed by atoms with Crippen LogP contribution >= 0.6 is 0 Å². The summed E-state index contributed by atoms with van der Waals surface area (Å²) in [5, 5.41) is 2.57. The minimum absolute atomic E-state index is 0.159. The minimum Gasteiger partial charge on any atom is -0.398 e. The Kier molecular flexibility index (Phi) is 3.41. The van der Waals surface area contributed by atoms with E-state index >= 15 is 0 Å². The molecule has 0 aliphatic rings. The SMILES string of the molecule is Nc1ccccc1CNc1c(F)cc(F)cc1F. The highest BCUT2D eigenvalue weighted by atomic mass is 19.1. The van der Waals surface area contributed by atoms with Crippen molar-refractivity contribution >= 4 is 11.4 Å². The highest BCUT2D eigenvalue weighted by Crippen LogP contribution is 2.21. The molecule has 0 spiro atoms. The molecule has 0 amide bonds. The van der Waals surface area contributed by atoms with Crippen LogP contribution in [0.15, 0.2) is 36.4 Å². The number of hydrogen-bond donors (Lipinski definition) is 2. The fourth-order valence-corrected chi connectivity index (χ4v) is 1.59. The van der Waals surface area contributed by atoms with Gasteiger partial charge in [0, 0.05) is 24.4 Å². The number of hydrogen-bond acceptors (Lipinski definition) is 2. The van der Waals surface area contributed by atoms with Crippen LogP contribution in [0.5, 0.6) is 0 Å². The van der Waals surface area contributed by atoms with Gasteiger partial charge in [-0.2, -0.15) is 0 Å². The standard InChI is InChI=1S/C13H11F3N2/c14-9-5-10(15)13(11(16)6-9)18-7-8-3-1-2-4-12(8)17/h1-6,18H,7,17H2. The second-order valence-electron chi connectivity index (χ2n) is 3.80. The van der Waals surface area contributed by atoms with E-state index in [0.29, 0.717) is 23.4 Å². The summed E-state index contributed by atoms with van der Waals surface area (Å²) in [7, 11) is 0. The van der Waals surface area contributed by atoms with Crippen LogP contribution < -0.4 is 11.1 Å². The van der Waals surface area contributed by atoms with Gasteiger partial charge in [-0.15, -0.1) is 0 Å². The lowest BCUT2D eigenvalue weighted by Crippen LogP contribution is -2.06. The summed E-state index contributed by atoms with van der Waals surface area (Å²) in [4.78, 5) is 0. The van der Waals surface area contributed by atoms with E-state index in [1.807, 2.05) is 0 Å². The Bertz CT molecular complexity index is 547. The maximum absolute atomic E-state index is 13.3. The maximum atomic E-state index is 13.3. The first kappa shape index (κ1) is 12.3. The molecule has 0 unspecified atom stereocenters. The van der Waals surface area contributed by atoms with Crippen molar-refractivity contribution in [3.05, 3.63) is 59.4 Å². The van der Waals surface area contributed by atoms with Crippen molar-refractivity contribution in [1.82, 2.24) is 0 Å². The Balaban J connectivity index is 2.19. The Morgan fingerprint density at radius 1 is 1.00 bits per heavy atom. The van der Waals surface area contributed by atoms with Gasteiger partial charge in [-0.1, -0.05) is 18.2 Å². The highest BCUT2D eigenvalue weighted by Gasteiger charge is 2.11.